The molecule has 0 saturated carbocycles. The quantitative estimate of drug-likeness (QED) is 0.840. The summed E-state index contributed by atoms with van der Waals surface area (Å²) < 4.78 is 6.22. The van der Waals surface area contributed by atoms with Gasteiger partial charge in [0.25, 0.3) is 0 Å². The number of carbonyl (C=O) groups is 1. The van der Waals surface area contributed by atoms with Gasteiger partial charge in [-0.3, -0.25) is 4.79 Å². The lowest BCUT2D eigenvalue weighted by atomic mass is 10.1. The third-order valence-electron chi connectivity index (χ3n) is 3.19. The fraction of sp³-hybridized carbons (Fsp3) is 0.357. The van der Waals surface area contributed by atoms with Crippen LogP contribution in [-0.2, 0) is 4.79 Å². The van der Waals surface area contributed by atoms with Crippen molar-refractivity contribution >= 4 is 27.5 Å². The molecule has 19 heavy (non-hydrogen) atoms. The van der Waals surface area contributed by atoms with E-state index in [1.54, 1.807) is 7.11 Å². The van der Waals surface area contributed by atoms with Crippen molar-refractivity contribution in [2.24, 2.45) is 11.7 Å². The number of carbonyl (C=O) groups excluding carboxylic acids is 1. The summed E-state index contributed by atoms with van der Waals surface area (Å²) in [5.74, 6) is 0.433. The number of aryl methyl sites for hydroxylation is 1. The number of rotatable bonds is 3. The molecule has 4 nitrogen and oxygen atoms in total. The highest BCUT2D eigenvalue weighted by atomic mass is 79.9. The molecule has 2 atom stereocenters. The van der Waals surface area contributed by atoms with Gasteiger partial charge in [0.1, 0.15) is 5.75 Å². The zero-order valence-corrected chi connectivity index (χ0v) is 12.5. The van der Waals surface area contributed by atoms with Crippen molar-refractivity contribution in [1.29, 1.82) is 0 Å². The molecule has 0 fully saturated rings. The van der Waals surface area contributed by atoms with E-state index in [0.29, 0.717) is 17.9 Å². The van der Waals surface area contributed by atoms with E-state index in [9.17, 15) is 4.79 Å². The van der Waals surface area contributed by atoms with Crippen LogP contribution >= 0.6 is 15.9 Å². The first-order valence-electron chi connectivity index (χ1n) is 6.10. The van der Waals surface area contributed by atoms with Crippen molar-refractivity contribution in [2.45, 2.75) is 19.4 Å². The summed E-state index contributed by atoms with van der Waals surface area (Å²) in [5.41, 5.74) is 7.43. The van der Waals surface area contributed by atoms with Crippen LogP contribution in [0.3, 0.4) is 0 Å². The van der Waals surface area contributed by atoms with Gasteiger partial charge in [0.2, 0.25) is 5.91 Å². The van der Waals surface area contributed by atoms with Gasteiger partial charge in [-0.25, -0.2) is 0 Å². The van der Waals surface area contributed by atoms with Gasteiger partial charge < -0.3 is 15.8 Å². The molecule has 1 aromatic rings. The Labute approximate surface area is 121 Å². The van der Waals surface area contributed by atoms with E-state index in [1.165, 1.54) is 0 Å². The molecule has 1 aromatic carbocycles. The Hall–Kier alpha value is -1.33. The van der Waals surface area contributed by atoms with Gasteiger partial charge in [0.15, 0.2) is 0 Å². The molecular weight excluding hydrogens is 308 g/mol. The molecule has 0 heterocycles. The van der Waals surface area contributed by atoms with E-state index in [-0.39, 0.29) is 17.9 Å². The normalized spacial score (nSPS) is 21.5. The second kappa shape index (κ2) is 5.75. The van der Waals surface area contributed by atoms with Crippen LogP contribution in [0.25, 0.3) is 0 Å². The molecular formula is C14H17BrN2O2. The van der Waals surface area contributed by atoms with E-state index in [1.807, 2.05) is 31.2 Å². The Bertz CT molecular complexity index is 528. The van der Waals surface area contributed by atoms with Crippen molar-refractivity contribution in [1.82, 2.24) is 0 Å². The van der Waals surface area contributed by atoms with Crippen molar-refractivity contribution in [3.63, 3.8) is 0 Å². The van der Waals surface area contributed by atoms with Gasteiger partial charge in [-0.15, -0.1) is 0 Å². The van der Waals surface area contributed by atoms with Crippen LogP contribution in [0.5, 0.6) is 5.75 Å². The van der Waals surface area contributed by atoms with Crippen LogP contribution in [0.15, 0.2) is 28.8 Å². The highest BCUT2D eigenvalue weighted by Crippen LogP contribution is 2.33. The molecule has 0 radical (unpaired) electrons. The van der Waals surface area contributed by atoms with Crippen LogP contribution in [-0.4, -0.2) is 19.1 Å². The minimum Gasteiger partial charge on any atom is -0.495 e. The Morgan fingerprint density at radius 2 is 2.21 bits per heavy atom. The summed E-state index contributed by atoms with van der Waals surface area (Å²) in [6.07, 6.45) is 4.39. The number of nitrogens with two attached hydrogens (primary N) is 1. The molecule has 102 valence electrons. The lowest BCUT2D eigenvalue weighted by Crippen LogP contribution is -2.24. The number of ether oxygens (including phenoxy) is 1. The van der Waals surface area contributed by atoms with Gasteiger partial charge in [-0.05, 0) is 31.0 Å². The van der Waals surface area contributed by atoms with Crippen molar-refractivity contribution in [3.05, 3.63) is 34.3 Å². The molecule has 0 spiro atoms. The highest BCUT2D eigenvalue weighted by Gasteiger charge is 2.24. The molecule has 0 saturated heterocycles. The van der Waals surface area contributed by atoms with E-state index < -0.39 is 0 Å². The predicted molar refractivity (Wildman–Crippen MR) is 79.3 cm³/mol. The Morgan fingerprint density at radius 1 is 1.47 bits per heavy atom. The van der Waals surface area contributed by atoms with Gasteiger partial charge in [-0.2, -0.15) is 0 Å². The van der Waals surface area contributed by atoms with Gasteiger partial charge in [-0.1, -0.05) is 28.1 Å². The minimum atomic E-state index is -0.164. The Balaban J connectivity index is 2.19. The molecule has 0 bridgehead atoms. The number of amides is 1. The maximum Gasteiger partial charge on any atom is 0.231 e. The fourth-order valence-electron chi connectivity index (χ4n) is 2.17. The smallest absolute Gasteiger partial charge is 0.231 e. The summed E-state index contributed by atoms with van der Waals surface area (Å²) in [4.78, 5) is 12.2. The van der Waals surface area contributed by atoms with E-state index in [0.717, 1.165) is 10.0 Å². The number of halogens is 1. The Kier molecular flexibility index (Phi) is 4.27. The largest absolute Gasteiger partial charge is 0.495 e. The summed E-state index contributed by atoms with van der Waals surface area (Å²) in [7, 11) is 1.59. The molecule has 2 rings (SSSR count). The van der Waals surface area contributed by atoms with Gasteiger partial charge in [0, 0.05) is 10.5 Å². The number of hydrogen-bond acceptors (Lipinski definition) is 3. The molecule has 3 N–H and O–H groups in total. The van der Waals surface area contributed by atoms with E-state index >= 15 is 0 Å². The number of benzene rings is 1. The molecule has 1 aliphatic rings. The number of anilines is 1. The zero-order valence-electron chi connectivity index (χ0n) is 10.9. The van der Waals surface area contributed by atoms with E-state index in [2.05, 4.69) is 21.2 Å². The summed E-state index contributed by atoms with van der Waals surface area (Å²) in [5, 5.41) is 2.93. The summed E-state index contributed by atoms with van der Waals surface area (Å²) >= 11 is 3.41. The molecule has 5 heteroatoms. The second-order valence-electron chi connectivity index (χ2n) is 4.68. The SMILES string of the molecule is COc1cc(Br)cc(C)c1NC(=O)C1C=CC(N)C1. The Morgan fingerprint density at radius 3 is 2.79 bits per heavy atom. The average Bonchev–Trinajstić information content (AvgIpc) is 2.78. The van der Waals surface area contributed by atoms with Crippen molar-refractivity contribution < 1.29 is 9.53 Å². The molecule has 0 aromatic heterocycles. The maximum atomic E-state index is 12.2. The van der Waals surface area contributed by atoms with Gasteiger partial charge >= 0.3 is 0 Å². The van der Waals surface area contributed by atoms with Crippen LogP contribution in [0.1, 0.15) is 12.0 Å². The number of hydrogen-bond donors (Lipinski definition) is 2. The molecule has 1 aliphatic carbocycles. The standard InChI is InChI=1S/C14H17BrN2O2/c1-8-5-10(15)7-12(19-2)13(8)17-14(18)9-3-4-11(16)6-9/h3-5,7,9,11H,6,16H2,1-2H3,(H,17,18). The number of methoxy groups -OCH3 is 1. The lowest BCUT2D eigenvalue weighted by Gasteiger charge is -2.16. The van der Waals surface area contributed by atoms with Crippen molar-refractivity contribution in [2.75, 3.05) is 12.4 Å². The first kappa shape index (κ1) is 14.1. The van der Waals surface area contributed by atoms with Crippen LogP contribution in [0.2, 0.25) is 0 Å². The van der Waals surface area contributed by atoms with E-state index in [4.69, 9.17) is 10.5 Å². The third kappa shape index (κ3) is 3.16. The summed E-state index contributed by atoms with van der Waals surface area (Å²) in [6, 6.07) is 3.75. The van der Waals surface area contributed by atoms with Crippen molar-refractivity contribution in [3.8, 4) is 5.75 Å². The molecule has 0 aliphatic heterocycles. The zero-order chi connectivity index (χ0) is 14.0. The number of nitrogens with one attached hydrogen (secondary N) is 1. The second-order valence-corrected chi connectivity index (χ2v) is 5.60. The predicted octanol–water partition coefficient (Wildman–Crippen LogP) is 2.61. The first-order valence-corrected chi connectivity index (χ1v) is 6.89. The van der Waals surface area contributed by atoms with Crippen LogP contribution in [0, 0.1) is 12.8 Å². The average molecular weight is 325 g/mol. The lowest BCUT2D eigenvalue weighted by molar-refractivity contribution is -0.118. The fourth-order valence-corrected chi connectivity index (χ4v) is 2.72. The van der Waals surface area contributed by atoms with Crippen LogP contribution < -0.4 is 15.8 Å². The highest BCUT2D eigenvalue weighted by molar-refractivity contribution is 9.10. The monoisotopic (exact) mass is 324 g/mol. The molecule has 2 unspecified atom stereocenters. The maximum absolute atomic E-state index is 12.2. The topological polar surface area (TPSA) is 64.3 Å². The molecule has 1 amide bonds. The third-order valence-corrected chi connectivity index (χ3v) is 3.64. The summed E-state index contributed by atoms with van der Waals surface area (Å²) in [6.45, 7) is 1.93. The first-order chi connectivity index (χ1) is 9.01. The minimum absolute atomic E-state index is 0.0244. The van der Waals surface area contributed by atoms with Crippen LogP contribution in [0.4, 0.5) is 5.69 Å². The van der Waals surface area contributed by atoms with Gasteiger partial charge in [0.05, 0.1) is 18.7 Å².